The predicted molar refractivity (Wildman–Crippen MR) is 132 cm³/mol. The highest BCUT2D eigenvalue weighted by atomic mass is 15.1. The molecule has 174 valence electrons. The van der Waals surface area contributed by atoms with E-state index >= 15 is 0 Å². The van der Waals surface area contributed by atoms with Gasteiger partial charge in [0.25, 0.3) is 0 Å². The largest absolute Gasteiger partial charge is 0.331 e. The van der Waals surface area contributed by atoms with Gasteiger partial charge in [0, 0.05) is 17.9 Å². The topological polar surface area (TPSA) is 17.8 Å². The van der Waals surface area contributed by atoms with Crippen molar-refractivity contribution in [3.05, 3.63) is 18.7 Å². The lowest BCUT2D eigenvalue weighted by Crippen LogP contribution is -2.37. The zero-order valence-corrected chi connectivity index (χ0v) is 20.6. The first-order chi connectivity index (χ1) is 14.8. The Morgan fingerprint density at radius 3 is 1.80 bits per heavy atom. The van der Waals surface area contributed by atoms with E-state index < -0.39 is 0 Å². The van der Waals surface area contributed by atoms with Crippen molar-refractivity contribution in [1.82, 2.24) is 9.55 Å². The fourth-order valence-corrected chi connectivity index (χ4v) is 5.76. The maximum atomic E-state index is 4.35. The van der Waals surface area contributed by atoms with E-state index in [4.69, 9.17) is 0 Å². The molecule has 0 amide bonds. The van der Waals surface area contributed by atoms with Gasteiger partial charge in [0.1, 0.15) is 0 Å². The van der Waals surface area contributed by atoms with Gasteiger partial charge in [-0.2, -0.15) is 0 Å². The molecule has 1 aromatic rings. The summed E-state index contributed by atoms with van der Waals surface area (Å²) in [6, 6.07) is 0. The quantitative estimate of drug-likeness (QED) is 0.218. The number of hydrogen-bond acceptors (Lipinski definition) is 1. The van der Waals surface area contributed by atoms with Crippen molar-refractivity contribution in [2.45, 2.75) is 154 Å². The summed E-state index contributed by atoms with van der Waals surface area (Å²) in [4.78, 5) is 4.35. The van der Waals surface area contributed by atoms with Crippen LogP contribution in [0.15, 0.2) is 18.7 Å². The fraction of sp³-hybridized carbons (Fsp3) is 0.893. The molecule has 0 spiro atoms. The molecule has 30 heavy (non-hydrogen) atoms. The van der Waals surface area contributed by atoms with Crippen molar-refractivity contribution in [2.24, 2.45) is 5.92 Å². The molecule has 0 aromatic carbocycles. The van der Waals surface area contributed by atoms with E-state index in [2.05, 4.69) is 35.9 Å². The first-order valence-corrected chi connectivity index (χ1v) is 13.8. The third-order valence-corrected chi connectivity index (χ3v) is 7.62. The zero-order valence-electron chi connectivity index (χ0n) is 20.6. The second kappa shape index (κ2) is 15.9. The van der Waals surface area contributed by atoms with Gasteiger partial charge in [-0.25, -0.2) is 4.98 Å². The monoisotopic (exact) mass is 416 g/mol. The molecule has 1 aliphatic carbocycles. The fourth-order valence-electron chi connectivity index (χ4n) is 5.76. The molecule has 2 atom stereocenters. The summed E-state index contributed by atoms with van der Waals surface area (Å²) >= 11 is 0. The summed E-state index contributed by atoms with van der Waals surface area (Å²) in [5.41, 5.74) is 0.365. The molecular weight excluding hydrogens is 364 g/mol. The molecule has 1 fully saturated rings. The molecule has 2 unspecified atom stereocenters. The Morgan fingerprint density at radius 2 is 1.33 bits per heavy atom. The van der Waals surface area contributed by atoms with Crippen LogP contribution in [0.2, 0.25) is 0 Å². The molecule has 2 nitrogen and oxygen atoms in total. The van der Waals surface area contributed by atoms with Crippen molar-refractivity contribution in [2.75, 3.05) is 0 Å². The molecule has 0 radical (unpaired) electrons. The van der Waals surface area contributed by atoms with E-state index in [9.17, 15) is 0 Å². The van der Waals surface area contributed by atoms with E-state index in [1.165, 1.54) is 135 Å². The average molecular weight is 417 g/mol. The molecule has 2 rings (SSSR count). The summed E-state index contributed by atoms with van der Waals surface area (Å²) in [6.07, 6.45) is 36.3. The van der Waals surface area contributed by atoms with E-state index in [1.807, 2.05) is 6.20 Å². The lowest BCUT2D eigenvalue weighted by atomic mass is 9.73. The molecule has 1 aromatic heterocycles. The maximum Gasteiger partial charge on any atom is 0.0951 e. The summed E-state index contributed by atoms with van der Waals surface area (Å²) in [7, 11) is 0. The average Bonchev–Trinajstić information content (AvgIpc) is 3.29. The van der Waals surface area contributed by atoms with Crippen LogP contribution < -0.4 is 0 Å². The van der Waals surface area contributed by atoms with E-state index in [-0.39, 0.29) is 0 Å². The van der Waals surface area contributed by atoms with Crippen LogP contribution in [0.4, 0.5) is 0 Å². The van der Waals surface area contributed by atoms with Crippen LogP contribution in [-0.4, -0.2) is 9.55 Å². The number of unbranched alkanes of at least 4 members (excludes halogenated alkanes) is 15. The van der Waals surface area contributed by atoms with Crippen molar-refractivity contribution >= 4 is 0 Å². The second-order valence-corrected chi connectivity index (χ2v) is 10.4. The molecule has 1 heterocycles. The zero-order chi connectivity index (χ0) is 21.3. The lowest BCUT2D eigenvalue weighted by Gasteiger charge is -2.41. The van der Waals surface area contributed by atoms with Crippen molar-refractivity contribution in [3.63, 3.8) is 0 Å². The minimum Gasteiger partial charge on any atom is -0.331 e. The summed E-state index contributed by atoms with van der Waals surface area (Å²) < 4.78 is 2.45. The van der Waals surface area contributed by atoms with Gasteiger partial charge in [-0.1, -0.05) is 129 Å². The first-order valence-electron chi connectivity index (χ1n) is 13.8. The first kappa shape index (κ1) is 25.5. The minimum absolute atomic E-state index is 0.365. The normalized spacial score (nSPS) is 21.9. The van der Waals surface area contributed by atoms with Crippen LogP contribution >= 0.6 is 0 Å². The summed E-state index contributed by atoms with van der Waals surface area (Å²) in [5, 5.41) is 0. The highest BCUT2D eigenvalue weighted by molar-refractivity contribution is 4.95. The van der Waals surface area contributed by atoms with Crippen LogP contribution in [0.1, 0.15) is 149 Å². The third kappa shape index (κ3) is 10.0. The Bertz CT molecular complexity index is 495. The number of imidazole rings is 1. The van der Waals surface area contributed by atoms with Crippen LogP contribution in [0, 0.1) is 5.92 Å². The van der Waals surface area contributed by atoms with E-state index in [0.29, 0.717) is 5.54 Å². The third-order valence-electron chi connectivity index (χ3n) is 7.62. The van der Waals surface area contributed by atoms with Crippen LogP contribution in [0.3, 0.4) is 0 Å². The van der Waals surface area contributed by atoms with Gasteiger partial charge in [0.15, 0.2) is 0 Å². The lowest BCUT2D eigenvalue weighted by molar-refractivity contribution is 0.135. The Kier molecular flexibility index (Phi) is 13.5. The van der Waals surface area contributed by atoms with Crippen LogP contribution in [0.25, 0.3) is 0 Å². The summed E-state index contributed by atoms with van der Waals surface area (Å²) in [5.74, 6) is 0.863. The highest BCUT2D eigenvalue weighted by Crippen LogP contribution is 2.41. The van der Waals surface area contributed by atoms with Gasteiger partial charge in [0.05, 0.1) is 6.33 Å². The molecule has 0 aliphatic heterocycles. The van der Waals surface area contributed by atoms with Gasteiger partial charge in [0.2, 0.25) is 0 Å². The van der Waals surface area contributed by atoms with E-state index in [1.54, 1.807) is 0 Å². The number of hydrogen-bond donors (Lipinski definition) is 0. The van der Waals surface area contributed by atoms with Crippen molar-refractivity contribution < 1.29 is 0 Å². The van der Waals surface area contributed by atoms with Gasteiger partial charge in [-0.05, 0) is 25.2 Å². The minimum atomic E-state index is 0.365. The molecule has 0 bridgehead atoms. The van der Waals surface area contributed by atoms with Crippen LogP contribution in [-0.2, 0) is 5.54 Å². The molecule has 0 saturated heterocycles. The van der Waals surface area contributed by atoms with Gasteiger partial charge in [-0.15, -0.1) is 0 Å². The number of aromatic nitrogens is 2. The molecule has 0 N–H and O–H groups in total. The Balaban J connectivity index is 1.42. The van der Waals surface area contributed by atoms with Crippen LogP contribution in [0.5, 0.6) is 0 Å². The smallest absolute Gasteiger partial charge is 0.0951 e. The molecule has 1 saturated carbocycles. The van der Waals surface area contributed by atoms with Gasteiger partial charge >= 0.3 is 0 Å². The Labute approximate surface area is 188 Å². The SMILES string of the molecule is CCCCCCCCCCCCCCCCCCC1(n2ccnc2)CCCC(C)C1. The molecule has 1 aliphatic rings. The van der Waals surface area contributed by atoms with Gasteiger partial charge in [-0.3, -0.25) is 0 Å². The number of rotatable bonds is 18. The molecule has 2 heteroatoms. The van der Waals surface area contributed by atoms with Gasteiger partial charge < -0.3 is 4.57 Å². The van der Waals surface area contributed by atoms with Crippen molar-refractivity contribution in [1.29, 1.82) is 0 Å². The maximum absolute atomic E-state index is 4.35. The predicted octanol–water partition coefficient (Wildman–Crippen LogP) is 9.44. The second-order valence-electron chi connectivity index (χ2n) is 10.4. The Hall–Kier alpha value is -0.790. The highest BCUT2D eigenvalue weighted by Gasteiger charge is 2.35. The summed E-state index contributed by atoms with van der Waals surface area (Å²) in [6.45, 7) is 4.74. The Morgan fingerprint density at radius 1 is 0.800 bits per heavy atom. The van der Waals surface area contributed by atoms with E-state index in [0.717, 1.165) is 5.92 Å². The standard InChI is InChI=1S/C28H52N2/c1-3-4-5-6-7-8-9-10-11-12-13-14-15-16-17-18-21-28(30-24-23-29-26-30)22-19-20-27(2)25-28/h23-24,26-27H,3-22,25H2,1-2H3. The molecular formula is C28H52N2. The van der Waals surface area contributed by atoms with Crippen molar-refractivity contribution in [3.8, 4) is 0 Å². The number of nitrogens with zero attached hydrogens (tertiary/aromatic N) is 2.